The Morgan fingerprint density at radius 3 is 2.71 bits per heavy atom. The summed E-state index contributed by atoms with van der Waals surface area (Å²) in [5.41, 5.74) is 0.168. The number of carbonyl (C=O) groups excluding carboxylic acids is 1. The number of hydrogen-bond donors (Lipinski definition) is 1. The minimum atomic E-state index is -0.490. The van der Waals surface area contributed by atoms with E-state index in [1.165, 1.54) is 20.2 Å². The van der Waals surface area contributed by atoms with E-state index in [2.05, 4.69) is 21.2 Å². The van der Waals surface area contributed by atoms with Gasteiger partial charge in [0, 0.05) is 7.05 Å². The summed E-state index contributed by atoms with van der Waals surface area (Å²) in [6.45, 7) is 0. The maximum atomic E-state index is 13.0. The van der Waals surface area contributed by atoms with Crippen molar-refractivity contribution < 1.29 is 13.9 Å². The molecule has 0 aliphatic heterocycles. The van der Waals surface area contributed by atoms with Crippen LogP contribution in [0.4, 0.5) is 4.39 Å². The number of nitrogens with one attached hydrogen (secondary N) is 1. The van der Waals surface area contributed by atoms with Crippen LogP contribution in [0.15, 0.2) is 16.6 Å². The molecular weight excluding hydrogens is 253 g/mol. The molecule has 1 aromatic rings. The third-order valence-corrected chi connectivity index (χ3v) is 2.27. The zero-order valence-corrected chi connectivity index (χ0v) is 9.31. The number of ether oxygens (including phenoxy) is 1. The average Bonchev–Trinajstić information content (AvgIpc) is 2.15. The number of carbonyl (C=O) groups is 1. The lowest BCUT2D eigenvalue weighted by Crippen LogP contribution is -2.19. The molecule has 5 heteroatoms. The van der Waals surface area contributed by atoms with Gasteiger partial charge in [-0.1, -0.05) is 0 Å². The number of benzene rings is 1. The second kappa shape index (κ2) is 4.41. The van der Waals surface area contributed by atoms with Crippen LogP contribution < -0.4 is 10.1 Å². The summed E-state index contributed by atoms with van der Waals surface area (Å²) < 4.78 is 18.4. The van der Waals surface area contributed by atoms with Crippen molar-refractivity contribution in [3.8, 4) is 5.75 Å². The minimum Gasteiger partial charge on any atom is -0.495 e. The van der Waals surface area contributed by atoms with Crippen LogP contribution in [0.2, 0.25) is 0 Å². The Balaban J connectivity index is 3.32. The van der Waals surface area contributed by atoms with Crippen LogP contribution in [-0.4, -0.2) is 20.1 Å². The fourth-order valence-corrected chi connectivity index (χ4v) is 1.67. The summed E-state index contributed by atoms with van der Waals surface area (Å²) in [4.78, 5) is 11.3. The maximum absolute atomic E-state index is 13.0. The maximum Gasteiger partial charge on any atom is 0.254 e. The van der Waals surface area contributed by atoms with Gasteiger partial charge >= 0.3 is 0 Å². The lowest BCUT2D eigenvalue weighted by Gasteiger charge is -2.09. The van der Waals surface area contributed by atoms with Gasteiger partial charge in [-0.15, -0.1) is 0 Å². The van der Waals surface area contributed by atoms with E-state index in [1.54, 1.807) is 0 Å². The van der Waals surface area contributed by atoms with Crippen molar-refractivity contribution in [3.63, 3.8) is 0 Å². The van der Waals surface area contributed by atoms with Crippen molar-refractivity contribution in [3.05, 3.63) is 28.0 Å². The van der Waals surface area contributed by atoms with Crippen molar-refractivity contribution in [2.45, 2.75) is 0 Å². The predicted octanol–water partition coefficient (Wildman–Crippen LogP) is 1.96. The number of rotatable bonds is 2. The van der Waals surface area contributed by atoms with E-state index in [-0.39, 0.29) is 11.5 Å². The fourth-order valence-electron chi connectivity index (χ4n) is 1.07. The molecule has 1 N–H and O–H groups in total. The fraction of sp³-hybridized carbons (Fsp3) is 0.222. The van der Waals surface area contributed by atoms with Gasteiger partial charge in [0.25, 0.3) is 5.91 Å². The van der Waals surface area contributed by atoms with Gasteiger partial charge in [-0.25, -0.2) is 4.39 Å². The van der Waals surface area contributed by atoms with Crippen LogP contribution in [0.1, 0.15) is 10.4 Å². The second-order valence-corrected chi connectivity index (χ2v) is 3.40. The molecule has 0 fully saturated rings. The Morgan fingerprint density at radius 2 is 2.21 bits per heavy atom. The van der Waals surface area contributed by atoms with Crippen molar-refractivity contribution in [2.75, 3.05) is 14.2 Å². The Morgan fingerprint density at radius 1 is 1.57 bits per heavy atom. The topological polar surface area (TPSA) is 38.3 Å². The zero-order valence-electron chi connectivity index (χ0n) is 7.73. The Hall–Kier alpha value is -1.10. The van der Waals surface area contributed by atoms with E-state index in [1.807, 2.05) is 0 Å². The second-order valence-electron chi connectivity index (χ2n) is 2.55. The van der Waals surface area contributed by atoms with Crippen molar-refractivity contribution in [2.24, 2.45) is 0 Å². The molecule has 0 aromatic heterocycles. The highest BCUT2D eigenvalue weighted by Gasteiger charge is 2.15. The molecule has 0 aliphatic carbocycles. The van der Waals surface area contributed by atoms with Crippen molar-refractivity contribution in [1.29, 1.82) is 0 Å². The highest BCUT2D eigenvalue weighted by atomic mass is 79.9. The molecule has 1 rings (SSSR count). The molecule has 0 unspecified atom stereocenters. The molecule has 14 heavy (non-hydrogen) atoms. The molecule has 0 saturated carbocycles. The van der Waals surface area contributed by atoms with Crippen molar-refractivity contribution in [1.82, 2.24) is 5.32 Å². The number of methoxy groups -OCH3 is 1. The summed E-state index contributed by atoms with van der Waals surface area (Å²) in [6.07, 6.45) is 0. The third kappa shape index (κ3) is 2.04. The van der Waals surface area contributed by atoms with Gasteiger partial charge in [0.2, 0.25) is 0 Å². The van der Waals surface area contributed by atoms with Crippen LogP contribution in [0.5, 0.6) is 5.75 Å². The Kier molecular flexibility index (Phi) is 3.46. The molecule has 0 aliphatic rings. The van der Waals surface area contributed by atoms with E-state index in [0.29, 0.717) is 10.2 Å². The van der Waals surface area contributed by atoms with Gasteiger partial charge in [0.1, 0.15) is 11.6 Å². The molecule has 0 spiro atoms. The van der Waals surface area contributed by atoms with Gasteiger partial charge in [-0.05, 0) is 28.1 Å². The van der Waals surface area contributed by atoms with Crippen LogP contribution in [0.3, 0.4) is 0 Å². The molecule has 0 saturated heterocycles. The average molecular weight is 262 g/mol. The first-order valence-electron chi connectivity index (χ1n) is 3.85. The van der Waals surface area contributed by atoms with Crippen LogP contribution in [0.25, 0.3) is 0 Å². The molecule has 0 bridgehead atoms. The number of hydrogen-bond acceptors (Lipinski definition) is 2. The monoisotopic (exact) mass is 261 g/mol. The predicted molar refractivity (Wildman–Crippen MR) is 54.0 cm³/mol. The lowest BCUT2D eigenvalue weighted by atomic mass is 10.2. The first-order valence-corrected chi connectivity index (χ1v) is 4.64. The van der Waals surface area contributed by atoms with Crippen LogP contribution in [0, 0.1) is 5.82 Å². The summed E-state index contributed by atoms with van der Waals surface area (Å²) in [6, 6.07) is 2.37. The smallest absolute Gasteiger partial charge is 0.254 e. The Labute approximate surface area is 89.4 Å². The van der Waals surface area contributed by atoms with Gasteiger partial charge in [0.15, 0.2) is 0 Å². The van der Waals surface area contributed by atoms with Gasteiger partial charge < -0.3 is 10.1 Å². The number of amides is 1. The lowest BCUT2D eigenvalue weighted by molar-refractivity contribution is 0.0959. The Bertz CT molecular complexity index is 368. The van der Waals surface area contributed by atoms with E-state index < -0.39 is 5.82 Å². The van der Waals surface area contributed by atoms with Crippen LogP contribution in [-0.2, 0) is 0 Å². The van der Waals surface area contributed by atoms with Gasteiger partial charge in [-0.2, -0.15) is 0 Å². The summed E-state index contributed by atoms with van der Waals surface area (Å²) >= 11 is 3.11. The highest BCUT2D eigenvalue weighted by molar-refractivity contribution is 9.10. The highest BCUT2D eigenvalue weighted by Crippen LogP contribution is 2.29. The molecule has 1 aromatic carbocycles. The number of halogens is 2. The van der Waals surface area contributed by atoms with E-state index in [0.717, 1.165) is 6.07 Å². The van der Waals surface area contributed by atoms with E-state index >= 15 is 0 Å². The van der Waals surface area contributed by atoms with Crippen LogP contribution >= 0.6 is 15.9 Å². The molecule has 0 atom stereocenters. The molecule has 0 heterocycles. The molecule has 76 valence electrons. The van der Waals surface area contributed by atoms with Gasteiger partial charge in [-0.3, -0.25) is 4.79 Å². The first-order chi connectivity index (χ1) is 6.60. The summed E-state index contributed by atoms with van der Waals surface area (Å²) in [7, 11) is 2.89. The molecule has 0 radical (unpaired) electrons. The van der Waals surface area contributed by atoms with Gasteiger partial charge in [0.05, 0.1) is 17.1 Å². The SMILES string of the molecule is CNC(=O)c1cc(F)cc(Br)c1OC. The minimum absolute atomic E-state index is 0.168. The largest absolute Gasteiger partial charge is 0.495 e. The zero-order chi connectivity index (χ0) is 10.7. The molecular formula is C9H9BrFNO2. The quantitative estimate of drug-likeness (QED) is 0.884. The molecule has 1 amide bonds. The standard InChI is InChI=1S/C9H9BrFNO2/c1-12-9(13)6-3-5(11)4-7(10)8(6)14-2/h3-4H,1-2H3,(H,12,13). The van der Waals surface area contributed by atoms with Crippen molar-refractivity contribution >= 4 is 21.8 Å². The van der Waals surface area contributed by atoms with E-state index in [9.17, 15) is 9.18 Å². The van der Waals surface area contributed by atoms with E-state index in [4.69, 9.17) is 4.74 Å². The normalized spacial score (nSPS) is 9.71. The molecule has 3 nitrogen and oxygen atoms in total. The summed E-state index contributed by atoms with van der Waals surface area (Å²) in [5.74, 6) is -0.552. The third-order valence-electron chi connectivity index (χ3n) is 1.68. The first kappa shape index (κ1) is 11.0. The summed E-state index contributed by atoms with van der Waals surface area (Å²) in [5, 5.41) is 2.40.